The number of hydrogen-bond donors (Lipinski definition) is 1. The Balaban J connectivity index is 2.87. The van der Waals surface area contributed by atoms with E-state index in [2.05, 4.69) is 16.3 Å². The summed E-state index contributed by atoms with van der Waals surface area (Å²) < 4.78 is 27.1. The van der Waals surface area contributed by atoms with E-state index in [0.717, 1.165) is 0 Å². The molecule has 0 saturated heterocycles. The highest BCUT2D eigenvalue weighted by Crippen LogP contribution is 2.17. The topological polar surface area (TPSA) is 64.0 Å². The number of hydrogen-bond acceptors (Lipinski definition) is 3. The first kappa shape index (κ1) is 12.2. The number of rotatable bonds is 5. The number of sulfonamides is 1. The lowest BCUT2D eigenvalue weighted by Crippen LogP contribution is -2.25. The molecule has 84 valence electrons. The molecule has 15 heavy (non-hydrogen) atoms. The lowest BCUT2D eigenvalue weighted by Gasteiger charge is -2.02. The summed E-state index contributed by atoms with van der Waals surface area (Å²) in [4.78, 5) is 3.72. The highest BCUT2D eigenvalue weighted by molar-refractivity contribution is 7.89. The Morgan fingerprint density at radius 2 is 2.40 bits per heavy atom. The van der Waals surface area contributed by atoms with E-state index in [0.29, 0.717) is 13.0 Å². The second-order valence-electron chi connectivity index (χ2n) is 2.93. The highest BCUT2D eigenvalue weighted by Gasteiger charge is 2.21. The predicted octanol–water partition coefficient (Wildman–Crippen LogP) is 0.928. The van der Waals surface area contributed by atoms with Crippen molar-refractivity contribution < 1.29 is 8.42 Å². The van der Waals surface area contributed by atoms with Crippen molar-refractivity contribution in [1.29, 1.82) is 0 Å². The average Bonchev–Trinajstić information content (AvgIpc) is 2.48. The molecule has 1 aromatic rings. The van der Waals surface area contributed by atoms with E-state index in [1.165, 1.54) is 10.9 Å². The lowest BCUT2D eigenvalue weighted by molar-refractivity contribution is 0.579. The van der Waals surface area contributed by atoms with E-state index in [4.69, 9.17) is 11.6 Å². The van der Waals surface area contributed by atoms with Gasteiger partial charge in [0.15, 0.2) is 0 Å². The van der Waals surface area contributed by atoms with Gasteiger partial charge in [0.05, 0.1) is 6.33 Å². The minimum atomic E-state index is -3.60. The molecule has 0 bridgehead atoms. The quantitative estimate of drug-likeness (QED) is 0.624. The minimum Gasteiger partial charge on any atom is -0.324 e. The third-order valence-corrected chi connectivity index (χ3v) is 3.68. The minimum absolute atomic E-state index is 0.0982. The molecule has 0 spiro atoms. The van der Waals surface area contributed by atoms with Gasteiger partial charge in [0.25, 0.3) is 10.0 Å². The molecule has 1 aromatic heterocycles. The number of halogens is 1. The van der Waals surface area contributed by atoms with Crippen molar-refractivity contribution in [3.63, 3.8) is 0 Å². The smallest absolute Gasteiger partial charge is 0.261 e. The van der Waals surface area contributed by atoms with Crippen molar-refractivity contribution in [3.8, 4) is 0 Å². The number of aromatic nitrogens is 2. The van der Waals surface area contributed by atoms with Gasteiger partial charge in [-0.05, 0) is 6.42 Å². The third-order valence-electron chi connectivity index (χ3n) is 1.73. The first-order valence-corrected chi connectivity index (χ1v) is 6.12. The van der Waals surface area contributed by atoms with E-state index < -0.39 is 10.0 Å². The lowest BCUT2D eigenvalue weighted by atomic mass is 10.4. The predicted molar refractivity (Wildman–Crippen MR) is 58.2 cm³/mol. The van der Waals surface area contributed by atoms with Crippen LogP contribution in [0.5, 0.6) is 0 Å². The van der Waals surface area contributed by atoms with Gasteiger partial charge < -0.3 is 4.57 Å². The normalized spacial score (nSPS) is 11.6. The molecule has 0 unspecified atom stereocenters. The zero-order chi connectivity index (χ0) is 11.5. The molecule has 1 N–H and O–H groups in total. The summed E-state index contributed by atoms with van der Waals surface area (Å²) in [5.74, 6) is 0. The number of nitrogens with one attached hydrogen (secondary N) is 1. The Morgan fingerprint density at radius 1 is 1.73 bits per heavy atom. The van der Waals surface area contributed by atoms with Crippen molar-refractivity contribution in [2.24, 2.45) is 7.05 Å². The van der Waals surface area contributed by atoms with Gasteiger partial charge in [0.1, 0.15) is 5.15 Å². The number of nitrogens with zero attached hydrogens (tertiary/aromatic N) is 2. The summed E-state index contributed by atoms with van der Waals surface area (Å²) in [6.07, 6.45) is 3.54. The standard InChI is InChI=1S/C8H12ClN3O2S/c1-3-4-5-11-15(13,14)8-7(9)12(2)6-10-8/h3,6,11H,1,4-5H2,2H3. The molecule has 0 aliphatic rings. The monoisotopic (exact) mass is 249 g/mol. The molecule has 5 nitrogen and oxygen atoms in total. The maximum atomic E-state index is 11.6. The molecule has 7 heteroatoms. The molecule has 0 atom stereocenters. The van der Waals surface area contributed by atoms with Crippen molar-refractivity contribution in [3.05, 3.63) is 24.1 Å². The fraction of sp³-hybridized carbons (Fsp3) is 0.375. The summed E-state index contributed by atoms with van der Waals surface area (Å²) >= 11 is 5.77. The summed E-state index contributed by atoms with van der Waals surface area (Å²) in [5, 5.41) is -0.0446. The Bertz CT molecular complexity index is 452. The van der Waals surface area contributed by atoms with Gasteiger partial charge in [0.2, 0.25) is 5.03 Å². The second kappa shape index (κ2) is 4.78. The van der Waals surface area contributed by atoms with Gasteiger partial charge in [-0.25, -0.2) is 18.1 Å². The fourth-order valence-electron chi connectivity index (χ4n) is 0.938. The Morgan fingerprint density at radius 3 is 2.87 bits per heavy atom. The first-order chi connectivity index (χ1) is 6.99. The van der Waals surface area contributed by atoms with E-state index in [-0.39, 0.29) is 10.2 Å². The van der Waals surface area contributed by atoms with Crippen LogP contribution in [0.3, 0.4) is 0 Å². The number of aryl methyl sites for hydroxylation is 1. The van der Waals surface area contributed by atoms with E-state index in [1.54, 1.807) is 13.1 Å². The zero-order valence-corrected chi connectivity index (χ0v) is 9.85. The first-order valence-electron chi connectivity index (χ1n) is 4.26. The van der Waals surface area contributed by atoms with Crippen LogP contribution in [0.2, 0.25) is 5.15 Å². The van der Waals surface area contributed by atoms with Crippen molar-refractivity contribution >= 4 is 21.6 Å². The molecule has 0 aliphatic carbocycles. The van der Waals surface area contributed by atoms with E-state index in [9.17, 15) is 8.42 Å². The second-order valence-corrected chi connectivity index (χ2v) is 4.97. The van der Waals surface area contributed by atoms with Crippen LogP contribution in [0.4, 0.5) is 0 Å². The van der Waals surface area contributed by atoms with Gasteiger partial charge in [-0.3, -0.25) is 0 Å². The molecule has 0 aliphatic heterocycles. The van der Waals surface area contributed by atoms with Crippen LogP contribution in [-0.2, 0) is 17.1 Å². The van der Waals surface area contributed by atoms with Gasteiger partial charge in [-0.15, -0.1) is 6.58 Å². The van der Waals surface area contributed by atoms with E-state index in [1.807, 2.05) is 0 Å². The van der Waals surface area contributed by atoms with Crippen LogP contribution >= 0.6 is 11.6 Å². The highest BCUT2D eigenvalue weighted by atomic mass is 35.5. The van der Waals surface area contributed by atoms with Gasteiger partial charge >= 0.3 is 0 Å². The van der Waals surface area contributed by atoms with E-state index >= 15 is 0 Å². The van der Waals surface area contributed by atoms with Crippen LogP contribution in [-0.4, -0.2) is 24.5 Å². The molecule has 0 amide bonds. The molecule has 1 rings (SSSR count). The van der Waals surface area contributed by atoms with Gasteiger partial charge in [-0.2, -0.15) is 0 Å². The molecule has 0 aromatic carbocycles. The van der Waals surface area contributed by atoms with Crippen LogP contribution in [0, 0.1) is 0 Å². The van der Waals surface area contributed by atoms with Crippen LogP contribution in [0.25, 0.3) is 0 Å². The Kier molecular flexibility index (Phi) is 3.90. The van der Waals surface area contributed by atoms with Crippen LogP contribution < -0.4 is 4.72 Å². The van der Waals surface area contributed by atoms with Crippen LogP contribution in [0.1, 0.15) is 6.42 Å². The zero-order valence-electron chi connectivity index (χ0n) is 8.27. The number of imidazole rings is 1. The van der Waals surface area contributed by atoms with Crippen molar-refractivity contribution in [2.45, 2.75) is 11.4 Å². The van der Waals surface area contributed by atoms with Gasteiger partial charge in [0, 0.05) is 13.6 Å². The fourth-order valence-corrected chi connectivity index (χ4v) is 2.41. The molecular weight excluding hydrogens is 238 g/mol. The van der Waals surface area contributed by atoms with Crippen molar-refractivity contribution in [1.82, 2.24) is 14.3 Å². The maximum absolute atomic E-state index is 11.6. The Labute approximate surface area is 93.8 Å². The maximum Gasteiger partial charge on any atom is 0.261 e. The molecule has 0 saturated carbocycles. The summed E-state index contributed by atoms with van der Waals surface area (Å²) in [6, 6.07) is 0. The van der Waals surface area contributed by atoms with Crippen molar-refractivity contribution in [2.75, 3.05) is 6.54 Å². The molecule has 0 radical (unpaired) electrons. The van der Waals surface area contributed by atoms with Crippen LogP contribution in [0.15, 0.2) is 24.0 Å². The summed E-state index contributed by atoms with van der Waals surface area (Å²) in [6.45, 7) is 3.78. The molecule has 0 fully saturated rings. The molecular formula is C8H12ClN3O2S. The average molecular weight is 250 g/mol. The largest absolute Gasteiger partial charge is 0.324 e. The summed E-state index contributed by atoms with van der Waals surface area (Å²) in [7, 11) is -1.98. The van der Waals surface area contributed by atoms with Gasteiger partial charge in [-0.1, -0.05) is 17.7 Å². The Hall–Kier alpha value is -0.850. The third kappa shape index (κ3) is 2.80. The molecule has 1 heterocycles. The SMILES string of the molecule is C=CCCNS(=O)(=O)c1ncn(C)c1Cl. The summed E-state index contributed by atoms with van der Waals surface area (Å²) in [5.41, 5.74) is 0.